The van der Waals surface area contributed by atoms with E-state index in [4.69, 9.17) is 10.0 Å². The van der Waals surface area contributed by atoms with Crippen LogP contribution in [0.15, 0.2) is 0 Å². The van der Waals surface area contributed by atoms with Crippen molar-refractivity contribution < 1.29 is 14.6 Å². The molecule has 0 fully saturated rings. The van der Waals surface area contributed by atoms with Crippen LogP contribution in [-0.4, -0.2) is 24.9 Å². The van der Waals surface area contributed by atoms with E-state index in [1.165, 1.54) is 44.9 Å². The molecule has 3 nitrogen and oxygen atoms in total. The Kier molecular flexibility index (Phi) is 13.1. The van der Waals surface area contributed by atoms with Crippen LogP contribution in [0.5, 0.6) is 0 Å². The molecule has 0 aliphatic carbocycles. The molecule has 0 aromatic rings. The van der Waals surface area contributed by atoms with E-state index in [0.29, 0.717) is 6.32 Å². The fraction of sp³-hybridized carbons (Fsp3) is 1.00. The fourth-order valence-electron chi connectivity index (χ4n) is 1.80. The molecular formula is C11H26B2O3. The molecule has 0 radical (unpaired) electrons. The molecular weight excluding hydrogens is 202 g/mol. The zero-order chi connectivity index (χ0) is 12.1. The van der Waals surface area contributed by atoms with Gasteiger partial charge >= 0.3 is 14.8 Å². The number of rotatable bonds is 12. The van der Waals surface area contributed by atoms with Crippen LogP contribution in [0.3, 0.4) is 0 Å². The molecule has 0 amide bonds. The summed E-state index contributed by atoms with van der Waals surface area (Å²) in [5, 5.41) is 17.6. The molecule has 0 atom stereocenters. The molecule has 0 aromatic carbocycles. The molecule has 0 spiro atoms. The minimum Gasteiger partial charge on any atom is -0.454 e. The van der Waals surface area contributed by atoms with Crippen molar-refractivity contribution in [1.29, 1.82) is 0 Å². The summed E-state index contributed by atoms with van der Waals surface area (Å²) in [6.07, 6.45) is 12.1. The van der Waals surface area contributed by atoms with E-state index < -0.39 is 14.8 Å². The van der Waals surface area contributed by atoms with Crippen molar-refractivity contribution in [3.8, 4) is 0 Å². The smallest absolute Gasteiger partial charge is 0.440 e. The molecule has 5 heteroatoms. The Hall–Kier alpha value is 0.00987. The summed E-state index contributed by atoms with van der Waals surface area (Å²) >= 11 is 0. The van der Waals surface area contributed by atoms with Crippen molar-refractivity contribution in [3.63, 3.8) is 0 Å². The van der Waals surface area contributed by atoms with Gasteiger partial charge in [0.2, 0.25) is 0 Å². The van der Waals surface area contributed by atoms with Crippen LogP contribution < -0.4 is 0 Å². The fourth-order valence-corrected chi connectivity index (χ4v) is 1.80. The van der Waals surface area contributed by atoms with Gasteiger partial charge in [0.1, 0.15) is 0 Å². The summed E-state index contributed by atoms with van der Waals surface area (Å²) in [5.74, 6) is 0. The molecule has 0 bridgehead atoms. The van der Waals surface area contributed by atoms with Gasteiger partial charge in [-0.1, -0.05) is 64.7 Å². The predicted molar refractivity (Wildman–Crippen MR) is 70.5 cm³/mol. The van der Waals surface area contributed by atoms with Gasteiger partial charge in [-0.25, -0.2) is 0 Å². The zero-order valence-electron chi connectivity index (χ0n) is 10.7. The highest BCUT2D eigenvalue weighted by atomic mass is 16.5. The molecule has 2 N–H and O–H groups in total. The first-order valence-corrected chi connectivity index (χ1v) is 6.71. The number of hydrogen-bond acceptors (Lipinski definition) is 3. The van der Waals surface area contributed by atoms with Crippen LogP contribution in [0.25, 0.3) is 0 Å². The quantitative estimate of drug-likeness (QED) is 0.398. The van der Waals surface area contributed by atoms with E-state index in [9.17, 15) is 0 Å². The van der Waals surface area contributed by atoms with E-state index in [1.807, 2.05) is 0 Å². The summed E-state index contributed by atoms with van der Waals surface area (Å²) in [6, 6.07) is 0. The van der Waals surface area contributed by atoms with Crippen LogP contribution in [0.1, 0.15) is 64.7 Å². The van der Waals surface area contributed by atoms with Gasteiger partial charge in [0.05, 0.1) is 0 Å². The van der Waals surface area contributed by atoms with Crippen LogP contribution in [-0.2, 0) is 4.57 Å². The Morgan fingerprint density at radius 3 is 1.94 bits per heavy atom. The lowest BCUT2D eigenvalue weighted by atomic mass is 9.81. The standard InChI is InChI=1S/C11H26B2O3/c1-2-3-4-5-6-7-8-9-10-11-13(15)16-12-14/h12,14-15H,2-11H2,1H3. The second-order valence-electron chi connectivity index (χ2n) is 4.37. The van der Waals surface area contributed by atoms with Crippen molar-refractivity contribution in [1.82, 2.24) is 0 Å². The lowest BCUT2D eigenvalue weighted by Crippen LogP contribution is -2.19. The van der Waals surface area contributed by atoms with E-state index in [0.717, 1.165) is 12.8 Å². The summed E-state index contributed by atoms with van der Waals surface area (Å²) in [7, 11) is -1.17. The molecule has 0 saturated heterocycles. The number of hydrogen-bond donors (Lipinski definition) is 2. The Balaban J connectivity index is 2.98. The van der Waals surface area contributed by atoms with Gasteiger partial charge in [0.15, 0.2) is 0 Å². The topological polar surface area (TPSA) is 49.7 Å². The van der Waals surface area contributed by atoms with Crippen LogP contribution in [0, 0.1) is 0 Å². The van der Waals surface area contributed by atoms with Crippen LogP contribution >= 0.6 is 0 Å². The molecule has 0 rings (SSSR count). The first-order chi connectivity index (χ1) is 7.81. The van der Waals surface area contributed by atoms with Gasteiger partial charge in [0.25, 0.3) is 0 Å². The van der Waals surface area contributed by atoms with Gasteiger partial charge in [-0.05, 0) is 6.32 Å². The predicted octanol–water partition coefficient (Wildman–Crippen LogP) is 2.27. The average molecular weight is 228 g/mol. The summed E-state index contributed by atoms with van der Waals surface area (Å²) < 4.78 is 4.62. The lowest BCUT2D eigenvalue weighted by Gasteiger charge is -2.04. The third kappa shape index (κ3) is 12.1. The second kappa shape index (κ2) is 13.1. The molecule has 0 aromatic heterocycles. The third-order valence-corrected chi connectivity index (χ3v) is 2.82. The van der Waals surface area contributed by atoms with E-state index in [1.54, 1.807) is 0 Å². The first kappa shape index (κ1) is 16.0. The van der Waals surface area contributed by atoms with Crippen molar-refractivity contribution >= 4 is 14.8 Å². The van der Waals surface area contributed by atoms with E-state index >= 15 is 0 Å². The van der Waals surface area contributed by atoms with E-state index in [2.05, 4.69) is 11.5 Å². The summed E-state index contributed by atoms with van der Waals surface area (Å²) in [4.78, 5) is 0. The molecule has 0 saturated carbocycles. The molecule has 94 valence electrons. The maximum Gasteiger partial charge on any atom is 0.440 e. The molecule has 0 heterocycles. The van der Waals surface area contributed by atoms with Crippen molar-refractivity contribution in [2.45, 2.75) is 71.0 Å². The van der Waals surface area contributed by atoms with Gasteiger partial charge < -0.3 is 14.6 Å². The minimum absolute atomic E-state index is 0.390. The summed E-state index contributed by atoms with van der Waals surface area (Å²) in [5.41, 5.74) is 0. The van der Waals surface area contributed by atoms with Crippen molar-refractivity contribution in [3.05, 3.63) is 0 Å². The molecule has 0 aliphatic heterocycles. The monoisotopic (exact) mass is 228 g/mol. The molecule has 16 heavy (non-hydrogen) atoms. The Morgan fingerprint density at radius 1 is 0.938 bits per heavy atom. The highest BCUT2D eigenvalue weighted by Gasteiger charge is 2.10. The summed E-state index contributed by atoms with van der Waals surface area (Å²) in [6.45, 7) is 2.24. The Morgan fingerprint density at radius 2 is 1.44 bits per heavy atom. The minimum atomic E-state index is -0.783. The van der Waals surface area contributed by atoms with Gasteiger partial charge in [-0.3, -0.25) is 0 Å². The molecule has 0 aliphatic rings. The SMILES string of the molecule is CCCCCCCCCCCB(O)OBO. The zero-order valence-corrected chi connectivity index (χ0v) is 10.7. The van der Waals surface area contributed by atoms with Gasteiger partial charge in [-0.2, -0.15) is 0 Å². The second-order valence-corrected chi connectivity index (χ2v) is 4.37. The van der Waals surface area contributed by atoms with Crippen molar-refractivity contribution in [2.75, 3.05) is 0 Å². The highest BCUT2D eigenvalue weighted by molar-refractivity contribution is 6.49. The maximum atomic E-state index is 9.17. The average Bonchev–Trinajstić information content (AvgIpc) is 2.27. The van der Waals surface area contributed by atoms with Gasteiger partial charge in [0, 0.05) is 0 Å². The number of unbranched alkanes of at least 4 members (excludes halogenated alkanes) is 8. The lowest BCUT2D eigenvalue weighted by molar-refractivity contribution is 0.376. The first-order valence-electron chi connectivity index (χ1n) is 6.71. The molecule has 0 unspecified atom stereocenters. The van der Waals surface area contributed by atoms with Gasteiger partial charge in [-0.15, -0.1) is 0 Å². The normalized spacial score (nSPS) is 10.4. The van der Waals surface area contributed by atoms with Crippen LogP contribution in [0.2, 0.25) is 6.32 Å². The maximum absolute atomic E-state index is 9.17. The Bertz CT molecular complexity index is 136. The largest absolute Gasteiger partial charge is 0.454 e. The Labute approximate surface area is 101 Å². The van der Waals surface area contributed by atoms with Crippen LogP contribution in [0.4, 0.5) is 0 Å². The van der Waals surface area contributed by atoms with E-state index in [-0.39, 0.29) is 0 Å². The highest BCUT2D eigenvalue weighted by Crippen LogP contribution is 2.11. The van der Waals surface area contributed by atoms with Crippen molar-refractivity contribution in [2.24, 2.45) is 0 Å². The third-order valence-electron chi connectivity index (χ3n) is 2.82.